The highest BCUT2D eigenvalue weighted by Crippen LogP contribution is 2.34. The molecular formula is C19H18Br2N2O4. The third kappa shape index (κ3) is 5.83. The second-order valence-electron chi connectivity index (χ2n) is 5.21. The summed E-state index contributed by atoms with van der Waals surface area (Å²) in [6, 6.07) is 8.55. The minimum Gasteiger partial charge on any atom is -0.497 e. The van der Waals surface area contributed by atoms with Crippen LogP contribution >= 0.6 is 31.9 Å². The maximum absolute atomic E-state index is 12.3. The number of amides is 1. The van der Waals surface area contributed by atoms with Gasteiger partial charge in [-0.15, -0.1) is 0 Å². The number of rotatable bonds is 8. The molecule has 1 N–H and O–H groups in total. The molecule has 2 aromatic carbocycles. The molecule has 2 aromatic rings. The van der Waals surface area contributed by atoms with Gasteiger partial charge >= 0.3 is 0 Å². The molecule has 0 heterocycles. The Morgan fingerprint density at radius 3 is 2.22 bits per heavy atom. The van der Waals surface area contributed by atoms with Gasteiger partial charge in [0.15, 0.2) is 0 Å². The molecule has 0 bridgehead atoms. The zero-order valence-electron chi connectivity index (χ0n) is 14.8. The Kier molecular flexibility index (Phi) is 7.87. The fraction of sp³-hybridized carbons (Fsp3) is 0.158. The zero-order valence-corrected chi connectivity index (χ0v) is 18.0. The Hall–Kier alpha value is -2.32. The van der Waals surface area contributed by atoms with E-state index in [1.165, 1.54) is 20.4 Å². The quantitative estimate of drug-likeness (QED) is 0.330. The van der Waals surface area contributed by atoms with Gasteiger partial charge in [0.1, 0.15) is 23.9 Å². The summed E-state index contributed by atoms with van der Waals surface area (Å²) in [6.07, 6.45) is 3.19. The van der Waals surface area contributed by atoms with E-state index < -0.39 is 0 Å². The second-order valence-corrected chi connectivity index (χ2v) is 6.92. The molecule has 0 saturated carbocycles. The van der Waals surface area contributed by atoms with Crippen molar-refractivity contribution >= 4 is 44.0 Å². The van der Waals surface area contributed by atoms with Crippen LogP contribution in [0.15, 0.2) is 57.0 Å². The van der Waals surface area contributed by atoms with Gasteiger partial charge in [-0.3, -0.25) is 4.79 Å². The molecule has 6 nitrogen and oxygen atoms in total. The molecule has 0 fully saturated rings. The van der Waals surface area contributed by atoms with Crippen molar-refractivity contribution in [1.82, 2.24) is 5.43 Å². The highest BCUT2D eigenvalue weighted by molar-refractivity contribution is 9.11. The Balaban J connectivity index is 2.11. The fourth-order valence-corrected chi connectivity index (χ4v) is 3.55. The van der Waals surface area contributed by atoms with E-state index in [1.807, 2.05) is 12.1 Å². The van der Waals surface area contributed by atoms with E-state index in [2.05, 4.69) is 49.0 Å². The predicted octanol–water partition coefficient (Wildman–Crippen LogP) is 4.56. The number of carbonyl (C=O) groups is 1. The summed E-state index contributed by atoms with van der Waals surface area (Å²) in [5, 5.41) is 4.00. The van der Waals surface area contributed by atoms with Crippen molar-refractivity contribution in [3.63, 3.8) is 0 Å². The van der Waals surface area contributed by atoms with Gasteiger partial charge in [0.05, 0.1) is 29.4 Å². The summed E-state index contributed by atoms with van der Waals surface area (Å²) < 4.78 is 17.4. The first kappa shape index (κ1) is 21.0. The first-order chi connectivity index (χ1) is 13.0. The third-order valence-corrected chi connectivity index (χ3v) is 4.54. The van der Waals surface area contributed by atoms with E-state index in [4.69, 9.17) is 14.2 Å². The first-order valence-electron chi connectivity index (χ1n) is 7.77. The first-order valence-corrected chi connectivity index (χ1v) is 9.36. The SMILES string of the molecule is C=CCOc1c(Br)cc(C=NNC(=O)c2cc(OC)cc(OC)c2)cc1Br. The monoisotopic (exact) mass is 496 g/mol. The minimum atomic E-state index is -0.382. The van der Waals surface area contributed by atoms with Crippen LogP contribution in [0.3, 0.4) is 0 Å². The molecule has 0 aliphatic heterocycles. The number of methoxy groups -OCH3 is 2. The lowest BCUT2D eigenvalue weighted by Gasteiger charge is -2.09. The predicted molar refractivity (Wildman–Crippen MR) is 112 cm³/mol. The fourth-order valence-electron chi connectivity index (χ4n) is 2.10. The van der Waals surface area contributed by atoms with Gasteiger partial charge in [-0.1, -0.05) is 12.7 Å². The van der Waals surface area contributed by atoms with E-state index in [9.17, 15) is 4.79 Å². The average Bonchev–Trinajstić information content (AvgIpc) is 2.66. The van der Waals surface area contributed by atoms with E-state index in [-0.39, 0.29) is 5.91 Å². The van der Waals surface area contributed by atoms with Gasteiger partial charge in [-0.05, 0) is 61.7 Å². The molecule has 0 aliphatic carbocycles. The zero-order chi connectivity index (χ0) is 19.8. The van der Waals surface area contributed by atoms with E-state index >= 15 is 0 Å². The van der Waals surface area contributed by atoms with Gasteiger partial charge in [0.2, 0.25) is 0 Å². The lowest BCUT2D eigenvalue weighted by Crippen LogP contribution is -2.17. The molecule has 142 valence electrons. The number of nitrogens with zero attached hydrogens (tertiary/aromatic N) is 1. The number of nitrogens with one attached hydrogen (secondary N) is 1. The number of hydrogen-bond donors (Lipinski definition) is 1. The van der Waals surface area contributed by atoms with Crippen molar-refractivity contribution in [2.75, 3.05) is 20.8 Å². The van der Waals surface area contributed by atoms with Crippen molar-refractivity contribution in [3.05, 3.63) is 63.1 Å². The van der Waals surface area contributed by atoms with Gasteiger partial charge in [0.25, 0.3) is 5.91 Å². The highest BCUT2D eigenvalue weighted by Gasteiger charge is 2.10. The van der Waals surface area contributed by atoms with Crippen molar-refractivity contribution < 1.29 is 19.0 Å². The molecule has 0 atom stereocenters. The van der Waals surface area contributed by atoms with Crippen LogP contribution in [0.4, 0.5) is 0 Å². The van der Waals surface area contributed by atoms with Crippen LogP contribution in [0.1, 0.15) is 15.9 Å². The number of halogens is 2. The third-order valence-electron chi connectivity index (χ3n) is 3.36. The average molecular weight is 498 g/mol. The second kappa shape index (κ2) is 10.1. The smallest absolute Gasteiger partial charge is 0.271 e. The molecule has 0 radical (unpaired) electrons. The summed E-state index contributed by atoms with van der Waals surface area (Å²) in [5.41, 5.74) is 3.62. The summed E-state index contributed by atoms with van der Waals surface area (Å²) >= 11 is 6.90. The van der Waals surface area contributed by atoms with Crippen molar-refractivity contribution in [3.8, 4) is 17.2 Å². The number of hydrogen-bond acceptors (Lipinski definition) is 5. The van der Waals surface area contributed by atoms with Crippen LogP contribution in [-0.2, 0) is 0 Å². The Morgan fingerprint density at radius 2 is 1.70 bits per heavy atom. The molecule has 27 heavy (non-hydrogen) atoms. The normalized spacial score (nSPS) is 10.5. The molecule has 8 heteroatoms. The summed E-state index contributed by atoms with van der Waals surface area (Å²) in [5.74, 6) is 1.32. The van der Waals surface area contributed by atoms with Gasteiger partial charge in [-0.25, -0.2) is 5.43 Å². The van der Waals surface area contributed by atoms with E-state index in [0.29, 0.717) is 29.4 Å². The molecule has 0 aliphatic rings. The Bertz CT molecular complexity index is 824. The van der Waals surface area contributed by atoms with Crippen LogP contribution in [0.5, 0.6) is 17.2 Å². The molecule has 0 unspecified atom stereocenters. The molecule has 2 rings (SSSR count). The van der Waals surface area contributed by atoms with E-state index in [0.717, 1.165) is 14.5 Å². The number of hydrazone groups is 1. The largest absolute Gasteiger partial charge is 0.497 e. The summed E-state index contributed by atoms with van der Waals surface area (Å²) in [7, 11) is 3.04. The lowest BCUT2D eigenvalue weighted by molar-refractivity contribution is 0.0954. The van der Waals surface area contributed by atoms with Gasteiger partial charge in [0, 0.05) is 11.6 Å². The van der Waals surface area contributed by atoms with Crippen LogP contribution in [0, 0.1) is 0 Å². The van der Waals surface area contributed by atoms with Crippen LogP contribution in [0.25, 0.3) is 0 Å². The van der Waals surface area contributed by atoms with Gasteiger partial charge < -0.3 is 14.2 Å². The number of carbonyl (C=O) groups excluding carboxylic acids is 1. The molecular weight excluding hydrogens is 480 g/mol. The number of ether oxygens (including phenoxy) is 3. The van der Waals surface area contributed by atoms with Crippen molar-refractivity contribution in [2.45, 2.75) is 0 Å². The topological polar surface area (TPSA) is 69.2 Å². The Morgan fingerprint density at radius 1 is 1.11 bits per heavy atom. The van der Waals surface area contributed by atoms with Crippen LogP contribution < -0.4 is 19.6 Å². The van der Waals surface area contributed by atoms with Crippen molar-refractivity contribution in [2.24, 2.45) is 5.10 Å². The van der Waals surface area contributed by atoms with E-state index in [1.54, 1.807) is 24.3 Å². The van der Waals surface area contributed by atoms with Crippen LogP contribution in [-0.4, -0.2) is 32.9 Å². The van der Waals surface area contributed by atoms with Crippen LogP contribution in [0.2, 0.25) is 0 Å². The number of benzene rings is 2. The lowest BCUT2D eigenvalue weighted by atomic mass is 10.2. The maximum atomic E-state index is 12.3. The van der Waals surface area contributed by atoms with Gasteiger partial charge in [-0.2, -0.15) is 5.10 Å². The molecule has 0 saturated heterocycles. The minimum absolute atomic E-state index is 0.374. The Labute approximate surface area is 174 Å². The standard InChI is InChI=1S/C19H18Br2N2O4/c1-4-5-27-18-16(20)6-12(7-17(18)21)11-22-23-19(24)13-8-14(25-2)10-15(9-13)26-3/h4,6-11H,1,5H2,2-3H3,(H,23,24). The molecule has 1 amide bonds. The maximum Gasteiger partial charge on any atom is 0.271 e. The summed E-state index contributed by atoms with van der Waals surface area (Å²) in [6.45, 7) is 4.02. The van der Waals surface area contributed by atoms with Crippen molar-refractivity contribution in [1.29, 1.82) is 0 Å². The summed E-state index contributed by atoms with van der Waals surface area (Å²) in [4.78, 5) is 12.3. The highest BCUT2D eigenvalue weighted by atomic mass is 79.9. The molecule has 0 spiro atoms. The molecule has 0 aromatic heterocycles.